The molecule has 2 rings (SSSR count). The normalized spacial score (nSPS) is 10.3. The first-order valence-corrected chi connectivity index (χ1v) is 8.25. The van der Waals surface area contributed by atoms with Gasteiger partial charge in [-0.3, -0.25) is 9.59 Å². The van der Waals surface area contributed by atoms with Crippen LogP contribution in [0, 0.1) is 13.8 Å². The standard InChI is InChI=1S/C17H19BrN2O4/c1-11-3-4-13(12(2)9-11)23-8-7-19-16(21)10-20-17(22)14-5-6-15(18)24-14/h3-6,9H,7-8,10H2,1-2H3,(H,19,21)(H,20,22). The predicted molar refractivity (Wildman–Crippen MR) is 93.2 cm³/mol. The molecule has 2 N–H and O–H groups in total. The summed E-state index contributed by atoms with van der Waals surface area (Å²) >= 11 is 3.11. The largest absolute Gasteiger partial charge is 0.491 e. The zero-order chi connectivity index (χ0) is 17.5. The summed E-state index contributed by atoms with van der Waals surface area (Å²) in [5, 5.41) is 5.16. The van der Waals surface area contributed by atoms with E-state index < -0.39 is 5.91 Å². The van der Waals surface area contributed by atoms with E-state index in [1.165, 1.54) is 11.6 Å². The van der Waals surface area contributed by atoms with Gasteiger partial charge in [-0.15, -0.1) is 0 Å². The van der Waals surface area contributed by atoms with Gasteiger partial charge in [0.15, 0.2) is 10.4 Å². The van der Waals surface area contributed by atoms with Crippen molar-refractivity contribution in [2.75, 3.05) is 19.7 Å². The molecule has 2 amide bonds. The van der Waals surface area contributed by atoms with E-state index >= 15 is 0 Å². The smallest absolute Gasteiger partial charge is 0.287 e. The SMILES string of the molecule is Cc1ccc(OCCNC(=O)CNC(=O)c2ccc(Br)o2)c(C)c1. The number of ether oxygens (including phenoxy) is 1. The van der Waals surface area contributed by atoms with Crippen molar-refractivity contribution in [1.29, 1.82) is 0 Å². The van der Waals surface area contributed by atoms with Crippen LogP contribution in [-0.2, 0) is 4.79 Å². The van der Waals surface area contributed by atoms with Crippen molar-refractivity contribution in [2.45, 2.75) is 13.8 Å². The van der Waals surface area contributed by atoms with Crippen LogP contribution in [0.4, 0.5) is 0 Å². The third kappa shape index (κ3) is 5.42. The zero-order valence-electron chi connectivity index (χ0n) is 13.5. The second kappa shape index (κ2) is 8.54. The molecule has 128 valence electrons. The van der Waals surface area contributed by atoms with E-state index in [2.05, 4.69) is 26.6 Å². The minimum atomic E-state index is -0.442. The summed E-state index contributed by atoms with van der Waals surface area (Å²) in [6.07, 6.45) is 0. The Morgan fingerprint density at radius 3 is 2.62 bits per heavy atom. The van der Waals surface area contributed by atoms with Crippen LogP contribution in [-0.4, -0.2) is 31.5 Å². The molecule has 2 aromatic rings. The lowest BCUT2D eigenvalue weighted by molar-refractivity contribution is -0.120. The molecule has 24 heavy (non-hydrogen) atoms. The third-order valence-corrected chi connectivity index (χ3v) is 3.64. The quantitative estimate of drug-likeness (QED) is 0.707. The Hall–Kier alpha value is -2.28. The van der Waals surface area contributed by atoms with E-state index in [0.29, 0.717) is 17.8 Å². The number of nitrogens with one attached hydrogen (secondary N) is 2. The van der Waals surface area contributed by atoms with Crippen LogP contribution in [0.1, 0.15) is 21.7 Å². The molecule has 7 heteroatoms. The number of hydrogen-bond donors (Lipinski definition) is 2. The van der Waals surface area contributed by atoms with Crippen molar-refractivity contribution in [2.24, 2.45) is 0 Å². The van der Waals surface area contributed by atoms with Crippen LogP contribution in [0.25, 0.3) is 0 Å². The van der Waals surface area contributed by atoms with Gasteiger partial charge in [0.2, 0.25) is 5.91 Å². The fourth-order valence-electron chi connectivity index (χ4n) is 2.06. The number of aryl methyl sites for hydroxylation is 2. The van der Waals surface area contributed by atoms with Gasteiger partial charge in [-0.25, -0.2) is 0 Å². The Kier molecular flexibility index (Phi) is 6.43. The third-order valence-electron chi connectivity index (χ3n) is 3.22. The molecular weight excluding hydrogens is 376 g/mol. The summed E-state index contributed by atoms with van der Waals surface area (Å²) in [6.45, 7) is 4.58. The molecule has 0 aliphatic rings. The maximum atomic E-state index is 11.7. The van der Waals surface area contributed by atoms with Crippen LogP contribution in [0.5, 0.6) is 5.75 Å². The van der Waals surface area contributed by atoms with Crippen LogP contribution in [0.15, 0.2) is 39.4 Å². The average Bonchev–Trinajstić information content (AvgIpc) is 2.97. The second-order valence-corrected chi connectivity index (χ2v) is 6.04. The molecule has 1 aromatic carbocycles. The molecule has 6 nitrogen and oxygen atoms in total. The second-order valence-electron chi connectivity index (χ2n) is 5.25. The summed E-state index contributed by atoms with van der Waals surface area (Å²) in [5.41, 5.74) is 2.23. The van der Waals surface area contributed by atoms with Crippen molar-refractivity contribution >= 4 is 27.7 Å². The van der Waals surface area contributed by atoms with Gasteiger partial charge in [0.25, 0.3) is 5.91 Å². The van der Waals surface area contributed by atoms with Crippen molar-refractivity contribution < 1.29 is 18.7 Å². The van der Waals surface area contributed by atoms with Crippen LogP contribution < -0.4 is 15.4 Å². The Bertz CT molecular complexity index is 727. The highest BCUT2D eigenvalue weighted by Gasteiger charge is 2.11. The van der Waals surface area contributed by atoms with E-state index in [4.69, 9.17) is 9.15 Å². The number of carbonyl (C=O) groups excluding carboxylic acids is 2. The number of benzene rings is 1. The fraction of sp³-hybridized carbons (Fsp3) is 0.294. The summed E-state index contributed by atoms with van der Waals surface area (Å²) in [5.74, 6) is 0.208. The number of furan rings is 1. The van der Waals surface area contributed by atoms with Crippen LogP contribution in [0.3, 0.4) is 0 Å². The molecule has 0 unspecified atom stereocenters. The molecule has 0 aliphatic carbocycles. The molecule has 0 saturated heterocycles. The Labute approximate surface area is 148 Å². The number of halogens is 1. The summed E-state index contributed by atoms with van der Waals surface area (Å²) in [6, 6.07) is 9.06. The Balaban J connectivity index is 1.65. The van der Waals surface area contributed by atoms with Crippen LogP contribution in [0.2, 0.25) is 0 Å². The van der Waals surface area contributed by atoms with E-state index in [1.54, 1.807) is 6.07 Å². The van der Waals surface area contributed by atoms with Crippen molar-refractivity contribution in [1.82, 2.24) is 10.6 Å². The van der Waals surface area contributed by atoms with Gasteiger partial charge in [-0.1, -0.05) is 17.7 Å². The molecule has 0 bridgehead atoms. The first-order valence-electron chi connectivity index (χ1n) is 7.46. The van der Waals surface area contributed by atoms with E-state index in [-0.39, 0.29) is 18.2 Å². The number of amides is 2. The number of rotatable bonds is 7. The zero-order valence-corrected chi connectivity index (χ0v) is 15.1. The lowest BCUT2D eigenvalue weighted by Crippen LogP contribution is -2.38. The maximum Gasteiger partial charge on any atom is 0.287 e. The molecule has 0 fully saturated rings. The topological polar surface area (TPSA) is 80.6 Å². The first kappa shape index (κ1) is 18.1. The fourth-order valence-corrected chi connectivity index (χ4v) is 2.37. The van der Waals surface area contributed by atoms with Gasteiger partial charge in [-0.2, -0.15) is 0 Å². The van der Waals surface area contributed by atoms with Crippen molar-refractivity contribution in [3.05, 3.63) is 51.9 Å². The van der Waals surface area contributed by atoms with E-state index in [1.807, 2.05) is 32.0 Å². The summed E-state index contributed by atoms with van der Waals surface area (Å²) in [4.78, 5) is 23.4. The van der Waals surface area contributed by atoms with Crippen molar-refractivity contribution in [3.8, 4) is 5.75 Å². The van der Waals surface area contributed by atoms with Crippen LogP contribution >= 0.6 is 15.9 Å². The number of carbonyl (C=O) groups is 2. The predicted octanol–water partition coefficient (Wildman–Crippen LogP) is 2.58. The van der Waals surface area contributed by atoms with Gasteiger partial charge in [0.05, 0.1) is 13.1 Å². The van der Waals surface area contributed by atoms with Gasteiger partial charge in [0, 0.05) is 0 Å². The van der Waals surface area contributed by atoms with Gasteiger partial charge in [-0.05, 0) is 53.5 Å². The lowest BCUT2D eigenvalue weighted by atomic mass is 10.1. The molecule has 1 heterocycles. The highest BCUT2D eigenvalue weighted by Crippen LogP contribution is 2.18. The van der Waals surface area contributed by atoms with E-state index in [9.17, 15) is 9.59 Å². The molecule has 0 spiro atoms. The lowest BCUT2D eigenvalue weighted by Gasteiger charge is -2.10. The van der Waals surface area contributed by atoms with E-state index in [0.717, 1.165) is 11.3 Å². The monoisotopic (exact) mass is 394 g/mol. The van der Waals surface area contributed by atoms with Gasteiger partial charge in [0.1, 0.15) is 12.4 Å². The van der Waals surface area contributed by atoms with Crippen molar-refractivity contribution in [3.63, 3.8) is 0 Å². The molecule has 1 aromatic heterocycles. The highest BCUT2D eigenvalue weighted by atomic mass is 79.9. The summed E-state index contributed by atoms with van der Waals surface area (Å²) < 4.78 is 11.2. The molecule has 0 saturated carbocycles. The molecule has 0 radical (unpaired) electrons. The first-order chi connectivity index (χ1) is 11.5. The van der Waals surface area contributed by atoms with Gasteiger partial charge >= 0.3 is 0 Å². The molecular formula is C17H19BrN2O4. The highest BCUT2D eigenvalue weighted by molar-refractivity contribution is 9.10. The minimum Gasteiger partial charge on any atom is -0.491 e. The minimum absolute atomic E-state index is 0.124. The Morgan fingerprint density at radius 1 is 1.17 bits per heavy atom. The molecule has 0 aliphatic heterocycles. The Morgan fingerprint density at radius 2 is 1.96 bits per heavy atom. The van der Waals surface area contributed by atoms with Gasteiger partial charge < -0.3 is 19.8 Å². The molecule has 0 atom stereocenters. The number of hydrogen-bond acceptors (Lipinski definition) is 4. The average molecular weight is 395 g/mol. The maximum absolute atomic E-state index is 11.7. The summed E-state index contributed by atoms with van der Waals surface area (Å²) in [7, 11) is 0.